The third-order valence-electron chi connectivity index (χ3n) is 5.93. The second-order valence-electron chi connectivity index (χ2n) is 7.90. The number of rotatable bonds is 5. The number of alkyl halides is 1. The average molecular weight is 507 g/mol. The molecule has 0 amide bonds. The van der Waals surface area contributed by atoms with Gasteiger partial charge in [-0.25, -0.2) is 5.01 Å². The van der Waals surface area contributed by atoms with Crippen molar-refractivity contribution in [2.45, 2.75) is 43.5 Å². The minimum atomic E-state index is -0.00596. The molecule has 28 heavy (non-hydrogen) atoms. The lowest BCUT2D eigenvalue weighted by Crippen LogP contribution is -2.27. The maximum Gasteiger partial charge on any atom is 0.174 e. The molecular formula is C23H24ClIN2O. The van der Waals surface area contributed by atoms with Gasteiger partial charge in [0, 0.05) is 22.4 Å². The minimum Gasteiger partial charge on any atom is -0.293 e. The topological polar surface area (TPSA) is 32.7 Å². The van der Waals surface area contributed by atoms with E-state index in [1.54, 1.807) is 6.21 Å². The van der Waals surface area contributed by atoms with Gasteiger partial charge in [0.15, 0.2) is 5.78 Å². The molecule has 1 aliphatic carbocycles. The second-order valence-corrected chi connectivity index (χ2v) is 9.68. The number of nitrogens with zero attached hydrogens (tertiary/aromatic N) is 2. The molecule has 2 unspecified atom stereocenters. The Labute approximate surface area is 185 Å². The van der Waals surface area contributed by atoms with Crippen molar-refractivity contribution in [1.29, 1.82) is 0 Å². The number of hydrogen-bond donors (Lipinski definition) is 0. The number of allylic oxidation sites excluding steroid dienone is 4. The molecule has 0 saturated heterocycles. The molecule has 0 aromatic heterocycles. The molecule has 4 rings (SSSR count). The van der Waals surface area contributed by atoms with Gasteiger partial charge in [-0.2, -0.15) is 5.10 Å². The highest BCUT2D eigenvalue weighted by atomic mass is 127. The summed E-state index contributed by atoms with van der Waals surface area (Å²) in [6.45, 7) is 4.36. The maximum atomic E-state index is 13.6. The summed E-state index contributed by atoms with van der Waals surface area (Å²) in [7, 11) is 0. The first kappa shape index (κ1) is 19.9. The molecule has 1 aromatic carbocycles. The van der Waals surface area contributed by atoms with Crippen LogP contribution in [0.3, 0.4) is 0 Å². The zero-order valence-corrected chi connectivity index (χ0v) is 19.1. The van der Waals surface area contributed by atoms with E-state index in [9.17, 15) is 4.79 Å². The first-order chi connectivity index (χ1) is 13.5. The summed E-state index contributed by atoms with van der Waals surface area (Å²) in [5.74, 6) is 1.36. The van der Waals surface area contributed by atoms with Crippen LogP contribution in [0.4, 0.5) is 0 Å². The van der Waals surface area contributed by atoms with Crippen molar-refractivity contribution in [3.05, 3.63) is 63.8 Å². The number of carbonyl (C=O) groups is 1. The van der Waals surface area contributed by atoms with Crippen LogP contribution in [0.15, 0.2) is 58.4 Å². The van der Waals surface area contributed by atoms with Crippen LogP contribution in [0.5, 0.6) is 0 Å². The molecular weight excluding hydrogens is 483 g/mol. The van der Waals surface area contributed by atoms with E-state index in [0.717, 1.165) is 35.4 Å². The fraction of sp³-hybridized carbons (Fsp3) is 0.391. The lowest BCUT2D eigenvalue weighted by Gasteiger charge is -2.28. The number of ketones is 1. The Morgan fingerprint density at radius 1 is 1.25 bits per heavy atom. The van der Waals surface area contributed by atoms with Crippen LogP contribution < -0.4 is 0 Å². The van der Waals surface area contributed by atoms with Crippen molar-refractivity contribution < 1.29 is 4.79 Å². The van der Waals surface area contributed by atoms with Crippen molar-refractivity contribution >= 4 is 51.9 Å². The predicted octanol–water partition coefficient (Wildman–Crippen LogP) is 6.40. The molecule has 2 heterocycles. The first-order valence-corrected chi connectivity index (χ1v) is 11.5. The Kier molecular flexibility index (Phi) is 5.79. The quantitative estimate of drug-likeness (QED) is 0.342. The van der Waals surface area contributed by atoms with Crippen LogP contribution in [-0.4, -0.2) is 20.9 Å². The first-order valence-electron chi connectivity index (χ1n) is 9.85. The van der Waals surface area contributed by atoms with Gasteiger partial charge < -0.3 is 0 Å². The number of fused-ring (bicyclic) bond motifs is 1. The summed E-state index contributed by atoms with van der Waals surface area (Å²) in [6, 6.07) is 7.74. The summed E-state index contributed by atoms with van der Waals surface area (Å²) in [5, 5.41) is 7.28. The number of Topliss-reactive ketones (excluding diaryl/α,β-unsaturated/α-hetero) is 1. The highest BCUT2D eigenvalue weighted by molar-refractivity contribution is 14.1. The fourth-order valence-corrected chi connectivity index (χ4v) is 5.06. The SMILES string of the molecule is CC1=C2C=CC=NN2C(c2ccc(Cl)cc2)=C(C(=O)C(I)C(C)C2CC2)CC1. The van der Waals surface area contributed by atoms with E-state index in [1.807, 2.05) is 35.4 Å². The number of benzene rings is 1. The van der Waals surface area contributed by atoms with Gasteiger partial charge in [-0.3, -0.25) is 4.79 Å². The summed E-state index contributed by atoms with van der Waals surface area (Å²) in [4.78, 5) is 13.6. The van der Waals surface area contributed by atoms with Gasteiger partial charge in [-0.1, -0.05) is 53.2 Å². The van der Waals surface area contributed by atoms with E-state index in [0.29, 0.717) is 16.9 Å². The Balaban J connectivity index is 1.82. The average Bonchev–Trinajstić information content (AvgIpc) is 3.56. The van der Waals surface area contributed by atoms with Crippen LogP contribution >= 0.6 is 34.2 Å². The summed E-state index contributed by atoms with van der Waals surface area (Å²) < 4.78 is -0.00596. The van der Waals surface area contributed by atoms with Gasteiger partial charge in [-0.15, -0.1) is 0 Å². The molecule has 0 N–H and O–H groups in total. The van der Waals surface area contributed by atoms with Crippen molar-refractivity contribution in [2.75, 3.05) is 0 Å². The van der Waals surface area contributed by atoms with Crippen LogP contribution in [0.25, 0.3) is 5.70 Å². The summed E-state index contributed by atoms with van der Waals surface area (Å²) in [6.07, 6.45) is 9.94. The maximum absolute atomic E-state index is 13.6. The van der Waals surface area contributed by atoms with Crippen LogP contribution in [0.2, 0.25) is 5.02 Å². The molecule has 1 aromatic rings. The minimum absolute atomic E-state index is 0.00596. The van der Waals surface area contributed by atoms with Gasteiger partial charge in [0.2, 0.25) is 0 Å². The number of carbonyl (C=O) groups excluding carboxylic acids is 1. The smallest absolute Gasteiger partial charge is 0.174 e. The highest BCUT2D eigenvalue weighted by Crippen LogP contribution is 2.43. The number of hydrazone groups is 1. The zero-order valence-electron chi connectivity index (χ0n) is 16.2. The molecule has 1 saturated carbocycles. The standard InChI is InChI=1S/C23H24ClIN2O/c1-14-5-12-19(23(28)21(25)15(2)16-6-7-16)22(17-8-10-18(24)11-9-17)27-20(14)4-3-13-26-27/h3-4,8-11,13,15-16,21H,5-7,12H2,1-2H3. The van der Waals surface area contributed by atoms with Gasteiger partial charge >= 0.3 is 0 Å². The molecule has 146 valence electrons. The highest BCUT2D eigenvalue weighted by Gasteiger charge is 2.38. The van der Waals surface area contributed by atoms with E-state index in [2.05, 4.69) is 47.6 Å². The molecule has 5 heteroatoms. The summed E-state index contributed by atoms with van der Waals surface area (Å²) in [5.41, 5.74) is 5.09. The van der Waals surface area contributed by atoms with E-state index >= 15 is 0 Å². The normalized spacial score (nSPS) is 21.5. The predicted molar refractivity (Wildman–Crippen MR) is 124 cm³/mol. The molecule has 3 aliphatic rings. The Bertz CT molecular complexity index is 909. The van der Waals surface area contributed by atoms with Crippen LogP contribution in [0.1, 0.15) is 45.1 Å². The van der Waals surface area contributed by atoms with Gasteiger partial charge in [0.05, 0.1) is 15.3 Å². The van der Waals surface area contributed by atoms with Crippen molar-refractivity contribution in [3.8, 4) is 0 Å². The third-order valence-corrected chi connectivity index (χ3v) is 7.88. The van der Waals surface area contributed by atoms with Gasteiger partial charge in [0.25, 0.3) is 0 Å². The molecule has 1 fully saturated rings. The summed E-state index contributed by atoms with van der Waals surface area (Å²) >= 11 is 8.49. The third kappa shape index (κ3) is 3.86. The van der Waals surface area contributed by atoms with E-state index < -0.39 is 0 Å². The van der Waals surface area contributed by atoms with E-state index in [4.69, 9.17) is 11.6 Å². The largest absolute Gasteiger partial charge is 0.293 e. The molecule has 2 atom stereocenters. The zero-order chi connectivity index (χ0) is 19.8. The monoisotopic (exact) mass is 506 g/mol. The van der Waals surface area contributed by atoms with Crippen molar-refractivity contribution in [2.24, 2.45) is 16.9 Å². The van der Waals surface area contributed by atoms with Crippen molar-refractivity contribution in [3.63, 3.8) is 0 Å². The van der Waals surface area contributed by atoms with Crippen molar-refractivity contribution in [1.82, 2.24) is 5.01 Å². The lowest BCUT2D eigenvalue weighted by molar-refractivity contribution is -0.115. The molecule has 3 nitrogen and oxygen atoms in total. The van der Waals surface area contributed by atoms with Crippen LogP contribution in [-0.2, 0) is 4.79 Å². The Morgan fingerprint density at radius 3 is 2.64 bits per heavy atom. The molecule has 0 spiro atoms. The molecule has 2 aliphatic heterocycles. The fourth-order valence-electron chi connectivity index (χ4n) is 3.97. The van der Waals surface area contributed by atoms with Gasteiger partial charge in [-0.05, 0) is 74.3 Å². The van der Waals surface area contributed by atoms with Gasteiger partial charge in [0.1, 0.15) is 0 Å². The number of halogens is 2. The molecule has 0 radical (unpaired) electrons. The lowest BCUT2D eigenvalue weighted by atomic mass is 9.91. The van der Waals surface area contributed by atoms with E-state index in [-0.39, 0.29) is 9.71 Å². The Morgan fingerprint density at radius 2 is 1.96 bits per heavy atom. The van der Waals surface area contributed by atoms with E-state index in [1.165, 1.54) is 18.4 Å². The van der Waals surface area contributed by atoms with Crippen LogP contribution in [0, 0.1) is 11.8 Å². The molecule has 0 bridgehead atoms. The second kappa shape index (κ2) is 8.15. The number of hydrogen-bond acceptors (Lipinski definition) is 3. The Hall–Kier alpha value is -1.40.